The smallest absolute Gasteiger partial charge is 0.269 e. The lowest BCUT2D eigenvalue weighted by Gasteiger charge is -1.93. The van der Waals surface area contributed by atoms with E-state index >= 15 is 0 Å². The molecule has 2 aromatic carbocycles. The molecule has 0 bridgehead atoms. The molecule has 6 nitrogen and oxygen atoms in total. The molecule has 0 saturated heterocycles. The highest BCUT2D eigenvalue weighted by molar-refractivity contribution is 5.87. The summed E-state index contributed by atoms with van der Waals surface area (Å²) in [5.41, 5.74) is 1.31. The number of nitro groups is 1. The van der Waals surface area contributed by atoms with Gasteiger partial charge in [0.1, 0.15) is 5.69 Å². The molecule has 3 rings (SSSR count). The van der Waals surface area contributed by atoms with Crippen molar-refractivity contribution in [2.24, 2.45) is 0 Å². The van der Waals surface area contributed by atoms with Gasteiger partial charge in [-0.2, -0.15) is 0 Å². The molecule has 108 valence electrons. The molecule has 0 atom stereocenters. The molecule has 3 aromatic rings. The van der Waals surface area contributed by atoms with Crippen LogP contribution < -0.4 is 5.43 Å². The highest BCUT2D eigenvalue weighted by atomic mass is 16.6. The van der Waals surface area contributed by atoms with Crippen molar-refractivity contribution in [1.82, 2.24) is 5.16 Å². The fourth-order valence-corrected chi connectivity index (χ4v) is 2.02. The predicted molar refractivity (Wildman–Crippen MR) is 82.3 cm³/mol. The molecular formula is C16H10N2O4. The standard InChI is InChI=1S/C16H10N2O4/c19-15-4-2-1-3-13-14(17-22-16(13)15)10-7-11-5-8-12(9-6-11)18(20)21/h1-10H/b10-7+. The van der Waals surface area contributed by atoms with Crippen molar-refractivity contribution in [3.63, 3.8) is 0 Å². The Hall–Kier alpha value is -3.28. The molecule has 0 unspecified atom stereocenters. The largest absolute Gasteiger partial charge is 0.351 e. The molecule has 0 spiro atoms. The number of hydrogen-bond donors (Lipinski definition) is 0. The lowest BCUT2D eigenvalue weighted by atomic mass is 10.1. The van der Waals surface area contributed by atoms with Crippen molar-refractivity contribution in [2.75, 3.05) is 0 Å². The molecule has 1 aromatic heterocycles. The number of aromatic nitrogens is 1. The van der Waals surface area contributed by atoms with Crippen molar-refractivity contribution in [3.8, 4) is 0 Å². The normalized spacial score (nSPS) is 11.1. The molecule has 0 aliphatic carbocycles. The van der Waals surface area contributed by atoms with Gasteiger partial charge in [0.2, 0.25) is 11.0 Å². The maximum absolute atomic E-state index is 11.7. The molecule has 0 radical (unpaired) electrons. The molecular weight excluding hydrogens is 284 g/mol. The Morgan fingerprint density at radius 1 is 1.05 bits per heavy atom. The fraction of sp³-hybridized carbons (Fsp3) is 0. The van der Waals surface area contributed by atoms with Gasteiger partial charge in [-0.1, -0.05) is 23.4 Å². The second kappa shape index (κ2) is 5.61. The zero-order valence-electron chi connectivity index (χ0n) is 11.3. The molecule has 0 aliphatic heterocycles. The van der Waals surface area contributed by atoms with E-state index in [0.29, 0.717) is 11.1 Å². The number of nitrogens with zero attached hydrogens (tertiary/aromatic N) is 2. The van der Waals surface area contributed by atoms with Gasteiger partial charge in [0.05, 0.1) is 10.3 Å². The van der Waals surface area contributed by atoms with Crippen LogP contribution in [-0.2, 0) is 0 Å². The number of benzene rings is 1. The number of hydrogen-bond acceptors (Lipinski definition) is 5. The second-order valence-corrected chi connectivity index (χ2v) is 4.58. The van der Waals surface area contributed by atoms with Gasteiger partial charge in [-0.15, -0.1) is 0 Å². The lowest BCUT2D eigenvalue weighted by Crippen LogP contribution is -1.91. The Bertz CT molecular complexity index is 927. The third-order valence-electron chi connectivity index (χ3n) is 3.14. The van der Waals surface area contributed by atoms with Crippen molar-refractivity contribution < 1.29 is 9.45 Å². The minimum Gasteiger partial charge on any atom is -0.351 e. The minimum absolute atomic E-state index is 0.0343. The van der Waals surface area contributed by atoms with E-state index in [1.54, 1.807) is 42.5 Å². The fourth-order valence-electron chi connectivity index (χ4n) is 2.02. The number of fused-ring (bicyclic) bond motifs is 1. The Morgan fingerprint density at radius 3 is 2.50 bits per heavy atom. The van der Waals surface area contributed by atoms with Crippen LogP contribution in [0.3, 0.4) is 0 Å². The van der Waals surface area contributed by atoms with Crippen molar-refractivity contribution in [3.05, 3.63) is 80.1 Å². The first-order valence-corrected chi connectivity index (χ1v) is 6.46. The van der Waals surface area contributed by atoms with Crippen LogP contribution in [0.15, 0.2) is 57.8 Å². The van der Waals surface area contributed by atoms with Crippen LogP contribution >= 0.6 is 0 Å². The van der Waals surface area contributed by atoms with Gasteiger partial charge in [-0.25, -0.2) is 0 Å². The van der Waals surface area contributed by atoms with Crippen LogP contribution in [-0.4, -0.2) is 10.1 Å². The Balaban J connectivity index is 1.96. The highest BCUT2D eigenvalue weighted by Crippen LogP contribution is 2.18. The summed E-state index contributed by atoms with van der Waals surface area (Å²) in [6, 6.07) is 12.7. The number of non-ortho nitro benzene ring substituents is 1. The molecule has 0 aliphatic rings. The zero-order valence-corrected chi connectivity index (χ0v) is 11.3. The van der Waals surface area contributed by atoms with E-state index < -0.39 is 4.92 Å². The summed E-state index contributed by atoms with van der Waals surface area (Å²) >= 11 is 0. The van der Waals surface area contributed by atoms with E-state index in [2.05, 4.69) is 5.16 Å². The summed E-state index contributed by atoms with van der Waals surface area (Å²) < 4.78 is 5.08. The average Bonchev–Trinajstić information content (AvgIpc) is 2.83. The summed E-state index contributed by atoms with van der Waals surface area (Å²) in [6.07, 6.45) is 3.45. The van der Waals surface area contributed by atoms with Crippen LogP contribution in [0.5, 0.6) is 0 Å². The predicted octanol–water partition coefficient (Wildman–Crippen LogP) is 3.27. The van der Waals surface area contributed by atoms with Crippen LogP contribution in [0.25, 0.3) is 23.1 Å². The third kappa shape index (κ3) is 2.62. The highest BCUT2D eigenvalue weighted by Gasteiger charge is 2.07. The first-order chi connectivity index (χ1) is 10.6. The lowest BCUT2D eigenvalue weighted by molar-refractivity contribution is -0.384. The molecule has 0 saturated carbocycles. The maximum Gasteiger partial charge on any atom is 0.269 e. The molecule has 0 fully saturated rings. The van der Waals surface area contributed by atoms with Crippen molar-refractivity contribution in [1.29, 1.82) is 0 Å². The molecule has 1 heterocycles. The van der Waals surface area contributed by atoms with Gasteiger partial charge in [-0.05, 0) is 35.9 Å². The first kappa shape index (κ1) is 13.7. The quantitative estimate of drug-likeness (QED) is 0.546. The van der Waals surface area contributed by atoms with E-state index in [1.165, 1.54) is 18.2 Å². The molecule has 0 N–H and O–H groups in total. The maximum atomic E-state index is 11.7. The monoisotopic (exact) mass is 294 g/mol. The van der Waals surface area contributed by atoms with Gasteiger partial charge < -0.3 is 4.52 Å². The van der Waals surface area contributed by atoms with Gasteiger partial charge in [0, 0.05) is 12.1 Å². The van der Waals surface area contributed by atoms with Crippen LogP contribution in [0, 0.1) is 10.1 Å². The van der Waals surface area contributed by atoms with Crippen LogP contribution in [0.2, 0.25) is 0 Å². The first-order valence-electron chi connectivity index (χ1n) is 6.46. The minimum atomic E-state index is -0.450. The topological polar surface area (TPSA) is 86.2 Å². The third-order valence-corrected chi connectivity index (χ3v) is 3.14. The van der Waals surface area contributed by atoms with E-state index in [0.717, 1.165) is 5.56 Å². The second-order valence-electron chi connectivity index (χ2n) is 4.58. The van der Waals surface area contributed by atoms with Gasteiger partial charge >= 0.3 is 0 Å². The van der Waals surface area contributed by atoms with Crippen LogP contribution in [0.1, 0.15) is 11.3 Å². The SMILES string of the molecule is O=c1ccccc2c(/C=C/c3ccc([N+](=O)[O-])cc3)noc12. The zero-order chi connectivity index (χ0) is 15.5. The summed E-state index contributed by atoms with van der Waals surface area (Å²) in [5, 5.41) is 15.1. The summed E-state index contributed by atoms with van der Waals surface area (Å²) in [4.78, 5) is 21.9. The van der Waals surface area contributed by atoms with Gasteiger partial charge in [0.15, 0.2) is 0 Å². The van der Waals surface area contributed by atoms with E-state index in [-0.39, 0.29) is 16.7 Å². The van der Waals surface area contributed by atoms with E-state index in [1.807, 2.05) is 0 Å². The summed E-state index contributed by atoms with van der Waals surface area (Å²) in [7, 11) is 0. The Morgan fingerprint density at radius 2 is 1.77 bits per heavy atom. The van der Waals surface area contributed by atoms with Crippen molar-refractivity contribution >= 4 is 28.8 Å². The molecule has 6 heteroatoms. The van der Waals surface area contributed by atoms with Crippen LogP contribution in [0.4, 0.5) is 5.69 Å². The number of rotatable bonds is 3. The average molecular weight is 294 g/mol. The summed E-state index contributed by atoms with van der Waals surface area (Å²) in [6.45, 7) is 0. The van der Waals surface area contributed by atoms with Gasteiger partial charge in [-0.3, -0.25) is 14.9 Å². The van der Waals surface area contributed by atoms with Gasteiger partial charge in [0.25, 0.3) is 5.69 Å². The number of nitro benzene ring substituents is 1. The Labute approximate surface area is 124 Å². The van der Waals surface area contributed by atoms with E-state index in [9.17, 15) is 14.9 Å². The van der Waals surface area contributed by atoms with Crippen molar-refractivity contribution in [2.45, 2.75) is 0 Å². The van der Waals surface area contributed by atoms with E-state index in [4.69, 9.17) is 4.52 Å². The Kier molecular flexibility index (Phi) is 3.49. The molecule has 0 amide bonds. The summed E-state index contributed by atoms with van der Waals surface area (Å²) in [5.74, 6) is 0. The molecule has 22 heavy (non-hydrogen) atoms.